The predicted molar refractivity (Wildman–Crippen MR) is 87.6 cm³/mol. The van der Waals surface area contributed by atoms with Gasteiger partial charge in [-0.1, -0.05) is 12.1 Å². The Morgan fingerprint density at radius 1 is 1.40 bits per heavy atom. The molecule has 112 valence electrons. The highest BCUT2D eigenvalue weighted by Crippen LogP contribution is 2.22. The Morgan fingerprint density at radius 3 is 2.75 bits per heavy atom. The Labute approximate surface area is 131 Å². The number of hydrogen-bond donors (Lipinski definition) is 2. The van der Waals surface area contributed by atoms with Crippen molar-refractivity contribution in [3.63, 3.8) is 0 Å². The summed E-state index contributed by atoms with van der Waals surface area (Å²) >= 11 is 1.74. The molecule has 1 aliphatic rings. The zero-order valence-electron chi connectivity index (χ0n) is 12.1. The lowest BCUT2D eigenvalue weighted by Crippen LogP contribution is -2.37. The second-order valence-electron chi connectivity index (χ2n) is 5.06. The van der Waals surface area contributed by atoms with Crippen LogP contribution in [-0.2, 0) is 11.3 Å². The Hall–Kier alpha value is -0.710. The van der Waals surface area contributed by atoms with Gasteiger partial charge < -0.3 is 10.6 Å². The predicted octanol–water partition coefficient (Wildman–Crippen LogP) is 2.75. The zero-order chi connectivity index (χ0) is 13.7. The standard InChI is InChI=1S/C15H22N2OS.ClH/c1-11-3-4-13(14(9-11)19-2)10-17-15(18)12-5-7-16-8-6-12;/h3-4,9,12,16H,5-8,10H2,1-2H3,(H,17,18);1H. The topological polar surface area (TPSA) is 41.1 Å². The van der Waals surface area contributed by atoms with E-state index in [0.717, 1.165) is 25.9 Å². The monoisotopic (exact) mass is 314 g/mol. The quantitative estimate of drug-likeness (QED) is 0.840. The maximum absolute atomic E-state index is 12.1. The highest BCUT2D eigenvalue weighted by Gasteiger charge is 2.20. The van der Waals surface area contributed by atoms with Crippen molar-refractivity contribution < 1.29 is 4.79 Å². The van der Waals surface area contributed by atoms with E-state index >= 15 is 0 Å². The van der Waals surface area contributed by atoms with Crippen molar-refractivity contribution in [2.45, 2.75) is 31.2 Å². The maximum atomic E-state index is 12.1. The van der Waals surface area contributed by atoms with Gasteiger partial charge in [-0.05, 0) is 56.3 Å². The van der Waals surface area contributed by atoms with Crippen molar-refractivity contribution in [1.29, 1.82) is 0 Å². The number of thioether (sulfide) groups is 1. The van der Waals surface area contributed by atoms with Gasteiger partial charge in [0, 0.05) is 17.4 Å². The van der Waals surface area contributed by atoms with Gasteiger partial charge in [0.05, 0.1) is 0 Å². The van der Waals surface area contributed by atoms with Crippen molar-refractivity contribution in [3.8, 4) is 0 Å². The van der Waals surface area contributed by atoms with Gasteiger partial charge >= 0.3 is 0 Å². The van der Waals surface area contributed by atoms with E-state index in [1.807, 2.05) is 0 Å². The molecule has 0 aromatic heterocycles. The molecular formula is C15H23ClN2OS. The van der Waals surface area contributed by atoms with E-state index in [1.54, 1.807) is 11.8 Å². The van der Waals surface area contributed by atoms with Crippen molar-refractivity contribution in [1.82, 2.24) is 10.6 Å². The summed E-state index contributed by atoms with van der Waals surface area (Å²) < 4.78 is 0. The minimum absolute atomic E-state index is 0. The van der Waals surface area contributed by atoms with Crippen LogP contribution >= 0.6 is 24.2 Å². The van der Waals surface area contributed by atoms with Gasteiger partial charge in [0.15, 0.2) is 0 Å². The molecule has 1 aromatic rings. The third kappa shape index (κ3) is 4.69. The number of nitrogens with one attached hydrogen (secondary N) is 2. The van der Waals surface area contributed by atoms with Gasteiger partial charge in [0.1, 0.15) is 0 Å². The number of rotatable bonds is 4. The van der Waals surface area contributed by atoms with E-state index in [-0.39, 0.29) is 24.2 Å². The van der Waals surface area contributed by atoms with Crippen molar-refractivity contribution in [2.75, 3.05) is 19.3 Å². The number of piperidine rings is 1. The van der Waals surface area contributed by atoms with E-state index in [2.05, 4.69) is 42.0 Å². The van der Waals surface area contributed by atoms with Crippen LogP contribution in [0, 0.1) is 12.8 Å². The summed E-state index contributed by atoms with van der Waals surface area (Å²) in [5, 5.41) is 6.37. The summed E-state index contributed by atoms with van der Waals surface area (Å²) in [7, 11) is 0. The van der Waals surface area contributed by atoms with Crippen LogP contribution in [0.3, 0.4) is 0 Å². The molecule has 2 rings (SSSR count). The first kappa shape index (κ1) is 17.3. The van der Waals surface area contributed by atoms with Gasteiger partial charge in [0.25, 0.3) is 0 Å². The summed E-state index contributed by atoms with van der Waals surface area (Å²) in [5.74, 6) is 0.388. The van der Waals surface area contributed by atoms with Crippen molar-refractivity contribution in [3.05, 3.63) is 29.3 Å². The first-order valence-corrected chi connectivity index (χ1v) is 8.05. The Balaban J connectivity index is 0.00000200. The second kappa shape index (κ2) is 8.55. The van der Waals surface area contributed by atoms with Crippen LogP contribution in [0.2, 0.25) is 0 Å². The molecule has 0 aliphatic carbocycles. The summed E-state index contributed by atoms with van der Waals surface area (Å²) in [6.45, 7) is 4.65. The molecule has 1 amide bonds. The summed E-state index contributed by atoms with van der Waals surface area (Å²) in [5.41, 5.74) is 2.47. The summed E-state index contributed by atoms with van der Waals surface area (Å²) in [6, 6.07) is 6.40. The number of aryl methyl sites for hydroxylation is 1. The average molecular weight is 315 g/mol. The molecule has 20 heavy (non-hydrogen) atoms. The molecule has 1 aromatic carbocycles. The van der Waals surface area contributed by atoms with Crippen LogP contribution < -0.4 is 10.6 Å². The minimum Gasteiger partial charge on any atom is -0.352 e. The number of carbonyl (C=O) groups is 1. The van der Waals surface area contributed by atoms with Crippen molar-refractivity contribution >= 4 is 30.1 Å². The van der Waals surface area contributed by atoms with Gasteiger partial charge in [-0.25, -0.2) is 0 Å². The molecule has 0 saturated carbocycles. The largest absolute Gasteiger partial charge is 0.352 e. The van der Waals surface area contributed by atoms with Gasteiger partial charge in [0.2, 0.25) is 5.91 Å². The zero-order valence-corrected chi connectivity index (χ0v) is 13.7. The third-order valence-electron chi connectivity index (χ3n) is 3.61. The molecule has 5 heteroatoms. The first-order chi connectivity index (χ1) is 9.20. The normalized spacial score (nSPS) is 15.5. The third-order valence-corrected chi connectivity index (χ3v) is 4.43. The number of amides is 1. The Morgan fingerprint density at radius 2 is 2.10 bits per heavy atom. The van der Waals surface area contributed by atoms with Crippen molar-refractivity contribution in [2.24, 2.45) is 5.92 Å². The smallest absolute Gasteiger partial charge is 0.223 e. The van der Waals surface area contributed by atoms with E-state index in [0.29, 0.717) is 6.54 Å². The van der Waals surface area contributed by atoms with E-state index in [9.17, 15) is 4.79 Å². The van der Waals surface area contributed by atoms with Crippen LogP contribution in [0.25, 0.3) is 0 Å². The SMILES string of the molecule is CSc1cc(C)ccc1CNC(=O)C1CCNCC1.Cl. The molecule has 0 radical (unpaired) electrons. The molecule has 0 atom stereocenters. The maximum Gasteiger partial charge on any atom is 0.223 e. The molecule has 1 fully saturated rings. The van der Waals surface area contributed by atoms with E-state index < -0.39 is 0 Å². The summed E-state index contributed by atoms with van der Waals surface area (Å²) in [4.78, 5) is 13.3. The molecule has 1 heterocycles. The molecule has 0 bridgehead atoms. The van der Waals surface area contributed by atoms with Gasteiger partial charge in [-0.2, -0.15) is 0 Å². The number of carbonyl (C=O) groups excluding carboxylic acids is 1. The number of benzene rings is 1. The second-order valence-corrected chi connectivity index (χ2v) is 5.91. The van der Waals surface area contributed by atoms with Crippen LogP contribution in [0.15, 0.2) is 23.1 Å². The lowest BCUT2D eigenvalue weighted by Gasteiger charge is -2.22. The highest BCUT2D eigenvalue weighted by atomic mass is 35.5. The molecule has 0 unspecified atom stereocenters. The van der Waals surface area contributed by atoms with Gasteiger partial charge in [-0.15, -0.1) is 24.2 Å². The fourth-order valence-electron chi connectivity index (χ4n) is 2.41. The Bertz CT molecular complexity index is 447. The first-order valence-electron chi connectivity index (χ1n) is 6.82. The van der Waals surface area contributed by atoms with E-state index in [4.69, 9.17) is 0 Å². The summed E-state index contributed by atoms with van der Waals surface area (Å²) in [6.07, 6.45) is 3.98. The molecule has 0 spiro atoms. The van der Waals surface area contributed by atoms with Crippen LogP contribution in [0.5, 0.6) is 0 Å². The van der Waals surface area contributed by atoms with Crippen LogP contribution in [-0.4, -0.2) is 25.3 Å². The number of halogens is 1. The molecule has 2 N–H and O–H groups in total. The minimum atomic E-state index is 0. The van der Waals surface area contributed by atoms with E-state index in [1.165, 1.54) is 16.0 Å². The number of hydrogen-bond acceptors (Lipinski definition) is 3. The lowest BCUT2D eigenvalue weighted by atomic mass is 9.97. The van der Waals surface area contributed by atoms with Crippen LogP contribution in [0.1, 0.15) is 24.0 Å². The molecule has 1 saturated heterocycles. The molecule has 3 nitrogen and oxygen atoms in total. The average Bonchev–Trinajstić information content (AvgIpc) is 2.46. The Kier molecular flexibility index (Phi) is 7.41. The highest BCUT2D eigenvalue weighted by molar-refractivity contribution is 7.98. The fraction of sp³-hybridized carbons (Fsp3) is 0.533. The fourth-order valence-corrected chi connectivity index (χ4v) is 3.11. The molecule has 1 aliphatic heterocycles. The van der Waals surface area contributed by atoms with Crippen LogP contribution in [0.4, 0.5) is 0 Å². The lowest BCUT2D eigenvalue weighted by molar-refractivity contribution is -0.125. The molecular weight excluding hydrogens is 292 g/mol. The van der Waals surface area contributed by atoms with Gasteiger partial charge in [-0.3, -0.25) is 4.79 Å².